The number of thiazole rings is 1. The van der Waals surface area contributed by atoms with Gasteiger partial charge in [-0.25, -0.2) is 4.98 Å². The summed E-state index contributed by atoms with van der Waals surface area (Å²) in [6.45, 7) is 9.59. The number of rotatable bonds is 7. The topological polar surface area (TPSA) is 76.9 Å². The zero-order valence-electron chi connectivity index (χ0n) is 14.2. The number of carbonyl (C=O) groups is 1. The number of likely N-dealkylation sites (N-methyl/N-ethyl adjacent to an activating group) is 1. The van der Waals surface area contributed by atoms with Crippen LogP contribution in [0.2, 0.25) is 0 Å². The largest absolute Gasteiger partial charge is 0.396 e. The highest BCUT2D eigenvalue weighted by atomic mass is 32.1. The number of hydrogen-bond acceptors (Lipinski definition) is 6. The van der Waals surface area contributed by atoms with Crippen LogP contribution in [0.1, 0.15) is 27.3 Å². The highest BCUT2D eigenvalue weighted by Crippen LogP contribution is 2.28. The molecule has 0 spiro atoms. The molecule has 130 valence electrons. The molecule has 0 saturated carbocycles. The van der Waals surface area contributed by atoms with E-state index in [1.807, 2.05) is 18.7 Å². The van der Waals surface area contributed by atoms with Crippen LogP contribution in [0.3, 0.4) is 0 Å². The first kappa shape index (κ1) is 18.3. The van der Waals surface area contributed by atoms with Crippen LogP contribution in [0.15, 0.2) is 0 Å². The second kappa shape index (κ2) is 8.19. The predicted octanol–water partition coefficient (Wildman–Crippen LogP) is 0.755. The molecule has 1 aromatic rings. The standard InChI is InChI=1S/C16H27N3O3S/c1-4-18(5-6-20)7-13-8-19(9-14(13)10-21)16(22)15-11(2)17-12(3)23-15/h13-14,20-21H,4-10H2,1-3H3/t13-,14-/m1/s1. The summed E-state index contributed by atoms with van der Waals surface area (Å²) in [5.41, 5.74) is 0.789. The average Bonchev–Trinajstić information content (AvgIpc) is 3.08. The lowest BCUT2D eigenvalue weighted by Gasteiger charge is -2.25. The maximum Gasteiger partial charge on any atom is 0.265 e. The molecule has 0 bridgehead atoms. The summed E-state index contributed by atoms with van der Waals surface area (Å²) >= 11 is 1.44. The lowest BCUT2D eigenvalue weighted by atomic mass is 9.96. The first-order valence-corrected chi connectivity index (χ1v) is 8.99. The van der Waals surface area contributed by atoms with Crippen molar-refractivity contribution in [3.8, 4) is 0 Å². The van der Waals surface area contributed by atoms with Crippen molar-refractivity contribution in [3.63, 3.8) is 0 Å². The van der Waals surface area contributed by atoms with Crippen molar-refractivity contribution >= 4 is 17.2 Å². The molecule has 2 rings (SSSR count). The number of carbonyl (C=O) groups excluding carboxylic acids is 1. The van der Waals surface area contributed by atoms with Gasteiger partial charge in [0.25, 0.3) is 5.91 Å². The molecule has 0 unspecified atom stereocenters. The van der Waals surface area contributed by atoms with Gasteiger partial charge < -0.3 is 20.0 Å². The molecule has 2 heterocycles. The van der Waals surface area contributed by atoms with Crippen LogP contribution in [0.4, 0.5) is 0 Å². The first-order valence-electron chi connectivity index (χ1n) is 8.17. The molecule has 23 heavy (non-hydrogen) atoms. The quantitative estimate of drug-likeness (QED) is 0.765. The van der Waals surface area contributed by atoms with Crippen LogP contribution in [-0.4, -0.2) is 76.8 Å². The van der Waals surface area contributed by atoms with Gasteiger partial charge in [0, 0.05) is 38.7 Å². The van der Waals surface area contributed by atoms with Crippen LogP contribution >= 0.6 is 11.3 Å². The van der Waals surface area contributed by atoms with E-state index in [0.29, 0.717) is 24.5 Å². The fourth-order valence-electron chi connectivity index (χ4n) is 3.24. The van der Waals surface area contributed by atoms with E-state index in [0.717, 1.165) is 23.8 Å². The normalized spacial score (nSPS) is 21.4. The second-order valence-corrected chi connectivity index (χ2v) is 7.38. The van der Waals surface area contributed by atoms with E-state index in [2.05, 4.69) is 16.8 Å². The molecule has 0 aliphatic carbocycles. The zero-order valence-corrected chi connectivity index (χ0v) is 15.0. The van der Waals surface area contributed by atoms with Gasteiger partial charge in [0.05, 0.1) is 17.3 Å². The molecule has 1 aliphatic rings. The number of hydrogen-bond donors (Lipinski definition) is 2. The van der Waals surface area contributed by atoms with Crippen molar-refractivity contribution in [1.82, 2.24) is 14.8 Å². The fourth-order valence-corrected chi connectivity index (χ4v) is 4.13. The molecule has 1 amide bonds. The van der Waals surface area contributed by atoms with Gasteiger partial charge in [0.15, 0.2) is 0 Å². The van der Waals surface area contributed by atoms with E-state index in [1.54, 1.807) is 0 Å². The van der Waals surface area contributed by atoms with Gasteiger partial charge in [-0.1, -0.05) is 6.92 Å². The predicted molar refractivity (Wildman–Crippen MR) is 90.8 cm³/mol. The Morgan fingerprint density at radius 3 is 2.57 bits per heavy atom. The molecule has 1 aromatic heterocycles. The number of aryl methyl sites for hydroxylation is 2. The molecule has 6 nitrogen and oxygen atoms in total. The van der Waals surface area contributed by atoms with E-state index < -0.39 is 0 Å². The zero-order chi connectivity index (χ0) is 17.0. The van der Waals surface area contributed by atoms with Crippen molar-refractivity contribution in [2.45, 2.75) is 20.8 Å². The van der Waals surface area contributed by atoms with Crippen LogP contribution in [0.25, 0.3) is 0 Å². The van der Waals surface area contributed by atoms with Crippen molar-refractivity contribution in [2.75, 3.05) is 45.9 Å². The van der Waals surface area contributed by atoms with Crippen LogP contribution in [-0.2, 0) is 0 Å². The molecule has 1 saturated heterocycles. The van der Waals surface area contributed by atoms with Gasteiger partial charge in [-0.05, 0) is 26.3 Å². The minimum Gasteiger partial charge on any atom is -0.396 e. The summed E-state index contributed by atoms with van der Waals surface area (Å²) in [6, 6.07) is 0. The molecule has 2 atom stereocenters. The van der Waals surface area contributed by atoms with Crippen molar-refractivity contribution in [1.29, 1.82) is 0 Å². The molecule has 0 aromatic carbocycles. The Labute approximate surface area is 141 Å². The summed E-state index contributed by atoms with van der Waals surface area (Å²) in [5, 5.41) is 19.7. The van der Waals surface area contributed by atoms with Crippen LogP contribution in [0.5, 0.6) is 0 Å². The lowest BCUT2D eigenvalue weighted by molar-refractivity contribution is 0.0782. The van der Waals surface area contributed by atoms with Gasteiger partial charge in [-0.15, -0.1) is 11.3 Å². The number of aliphatic hydroxyl groups excluding tert-OH is 2. The number of likely N-dealkylation sites (tertiary alicyclic amines) is 1. The van der Waals surface area contributed by atoms with E-state index in [9.17, 15) is 9.90 Å². The monoisotopic (exact) mass is 341 g/mol. The first-order chi connectivity index (χ1) is 11.0. The van der Waals surface area contributed by atoms with Crippen molar-refractivity contribution in [2.24, 2.45) is 11.8 Å². The average molecular weight is 341 g/mol. The minimum absolute atomic E-state index is 0.0271. The molecular weight excluding hydrogens is 314 g/mol. The molecule has 2 N–H and O–H groups in total. The Hall–Kier alpha value is -1.02. The van der Waals surface area contributed by atoms with E-state index in [4.69, 9.17) is 5.11 Å². The van der Waals surface area contributed by atoms with Gasteiger partial charge in [0.1, 0.15) is 4.88 Å². The van der Waals surface area contributed by atoms with E-state index in [1.165, 1.54) is 11.3 Å². The maximum absolute atomic E-state index is 12.7. The maximum atomic E-state index is 12.7. The summed E-state index contributed by atoms with van der Waals surface area (Å²) < 4.78 is 0. The highest BCUT2D eigenvalue weighted by Gasteiger charge is 2.36. The van der Waals surface area contributed by atoms with Crippen molar-refractivity contribution < 1.29 is 15.0 Å². The molecular formula is C16H27N3O3S. The SMILES string of the molecule is CCN(CCO)C[C@@H]1CN(C(=O)c2sc(C)nc2C)C[C@@H]1CO. The Bertz CT molecular complexity index is 535. The number of aromatic nitrogens is 1. The number of nitrogens with zero attached hydrogens (tertiary/aromatic N) is 3. The Balaban J connectivity index is 2.05. The van der Waals surface area contributed by atoms with Gasteiger partial charge >= 0.3 is 0 Å². The third kappa shape index (κ3) is 4.29. The van der Waals surface area contributed by atoms with Gasteiger partial charge in [0.2, 0.25) is 0 Å². The van der Waals surface area contributed by atoms with Crippen LogP contribution < -0.4 is 0 Å². The third-order valence-electron chi connectivity index (χ3n) is 4.55. The van der Waals surface area contributed by atoms with E-state index in [-0.39, 0.29) is 31.0 Å². The minimum atomic E-state index is 0.0271. The smallest absolute Gasteiger partial charge is 0.265 e. The number of amides is 1. The van der Waals surface area contributed by atoms with Gasteiger partial charge in [-0.2, -0.15) is 0 Å². The second-order valence-electron chi connectivity index (χ2n) is 6.18. The fraction of sp³-hybridized carbons (Fsp3) is 0.750. The Morgan fingerprint density at radius 2 is 2.04 bits per heavy atom. The molecule has 1 aliphatic heterocycles. The summed E-state index contributed by atoms with van der Waals surface area (Å²) in [5.74, 6) is 0.366. The molecule has 1 fully saturated rings. The Morgan fingerprint density at radius 1 is 1.35 bits per heavy atom. The van der Waals surface area contributed by atoms with Crippen molar-refractivity contribution in [3.05, 3.63) is 15.6 Å². The summed E-state index contributed by atoms with van der Waals surface area (Å²) in [6.07, 6.45) is 0. The molecule has 7 heteroatoms. The van der Waals surface area contributed by atoms with Crippen LogP contribution in [0, 0.1) is 25.7 Å². The summed E-state index contributed by atoms with van der Waals surface area (Å²) in [7, 11) is 0. The third-order valence-corrected chi connectivity index (χ3v) is 5.61. The highest BCUT2D eigenvalue weighted by molar-refractivity contribution is 7.13. The van der Waals surface area contributed by atoms with Gasteiger partial charge in [-0.3, -0.25) is 4.79 Å². The molecule has 0 radical (unpaired) electrons. The Kier molecular flexibility index (Phi) is 6.52. The summed E-state index contributed by atoms with van der Waals surface area (Å²) in [4.78, 5) is 21.8. The van der Waals surface area contributed by atoms with E-state index >= 15 is 0 Å². The lowest BCUT2D eigenvalue weighted by Crippen LogP contribution is -2.36. The number of aliphatic hydroxyl groups is 2.